The highest BCUT2D eigenvalue weighted by Crippen LogP contribution is 2.11. The number of aromatic nitrogens is 2. The van der Waals surface area contributed by atoms with E-state index in [1.54, 1.807) is 36.8 Å². The number of hydrogen-bond donors (Lipinski definition) is 3. The van der Waals surface area contributed by atoms with Crippen molar-refractivity contribution in [3.63, 3.8) is 0 Å². The Labute approximate surface area is 124 Å². The lowest BCUT2D eigenvalue weighted by Gasteiger charge is -2.07. The number of nitrogens with one attached hydrogen (secondary N) is 2. The van der Waals surface area contributed by atoms with Crippen LogP contribution in [0.3, 0.4) is 0 Å². The van der Waals surface area contributed by atoms with E-state index in [1.807, 2.05) is 0 Å². The van der Waals surface area contributed by atoms with Crippen molar-refractivity contribution in [2.24, 2.45) is 0 Å². The van der Waals surface area contributed by atoms with Crippen LogP contribution in [0.4, 0.5) is 0 Å². The monoisotopic (exact) mass is 309 g/mol. The van der Waals surface area contributed by atoms with Crippen LogP contribution in [0.5, 0.6) is 0 Å². The van der Waals surface area contributed by atoms with Gasteiger partial charge in [0.25, 0.3) is 0 Å². The van der Waals surface area contributed by atoms with E-state index in [0.717, 1.165) is 17.7 Å². The zero-order valence-corrected chi connectivity index (χ0v) is 12.4. The summed E-state index contributed by atoms with van der Waals surface area (Å²) in [5.41, 5.74) is 1.90. The molecule has 0 unspecified atom stereocenters. The third-order valence-corrected chi connectivity index (χ3v) is 4.58. The summed E-state index contributed by atoms with van der Waals surface area (Å²) in [6.07, 6.45) is 5.21. The van der Waals surface area contributed by atoms with Crippen LogP contribution >= 0.6 is 0 Å². The standard InChI is InChI=1S/C14H19N3O3S/c18-9-1-2-12-3-5-14(6-4-12)21(19,20)17-8-7-13-10-15-11-16-13/h3-6,10-11,17-18H,1-2,7-9H2,(H,15,16). The van der Waals surface area contributed by atoms with E-state index < -0.39 is 10.0 Å². The van der Waals surface area contributed by atoms with Crippen molar-refractivity contribution in [1.29, 1.82) is 0 Å². The van der Waals surface area contributed by atoms with E-state index in [2.05, 4.69) is 14.7 Å². The Morgan fingerprint density at radius 1 is 1.19 bits per heavy atom. The topological polar surface area (TPSA) is 95.1 Å². The van der Waals surface area contributed by atoms with Gasteiger partial charge in [0.2, 0.25) is 10.0 Å². The molecule has 0 aliphatic rings. The van der Waals surface area contributed by atoms with Crippen LogP contribution < -0.4 is 4.72 Å². The molecule has 0 spiro atoms. The molecule has 2 aromatic rings. The summed E-state index contributed by atoms with van der Waals surface area (Å²) in [4.78, 5) is 7.05. The van der Waals surface area contributed by atoms with Crippen LogP contribution in [0.15, 0.2) is 41.7 Å². The molecule has 0 bridgehead atoms. The quantitative estimate of drug-likeness (QED) is 0.674. The van der Waals surface area contributed by atoms with Gasteiger partial charge in [-0.05, 0) is 30.5 Å². The molecular weight excluding hydrogens is 290 g/mol. The van der Waals surface area contributed by atoms with Crippen LogP contribution in [-0.4, -0.2) is 36.6 Å². The first-order valence-corrected chi connectivity index (χ1v) is 8.27. The number of aryl methyl sites for hydroxylation is 1. The number of H-pyrrole nitrogens is 1. The molecule has 0 saturated carbocycles. The van der Waals surface area contributed by atoms with Gasteiger partial charge < -0.3 is 10.1 Å². The number of benzene rings is 1. The Morgan fingerprint density at radius 2 is 1.95 bits per heavy atom. The Morgan fingerprint density at radius 3 is 2.57 bits per heavy atom. The van der Waals surface area contributed by atoms with Gasteiger partial charge in [-0.25, -0.2) is 18.1 Å². The average molecular weight is 309 g/mol. The minimum atomic E-state index is -3.48. The van der Waals surface area contributed by atoms with Gasteiger partial charge in [-0.1, -0.05) is 12.1 Å². The third-order valence-electron chi connectivity index (χ3n) is 3.10. The zero-order chi connectivity index (χ0) is 15.1. The summed E-state index contributed by atoms with van der Waals surface area (Å²) in [7, 11) is -3.48. The third kappa shape index (κ3) is 4.66. The maximum Gasteiger partial charge on any atom is 0.240 e. The van der Waals surface area contributed by atoms with Crippen molar-refractivity contribution in [3.05, 3.63) is 48.0 Å². The number of aliphatic hydroxyl groups is 1. The summed E-state index contributed by atoms with van der Waals surface area (Å²) in [5.74, 6) is 0. The normalized spacial score (nSPS) is 11.7. The van der Waals surface area contributed by atoms with Gasteiger partial charge in [0.1, 0.15) is 0 Å². The highest BCUT2D eigenvalue weighted by Gasteiger charge is 2.13. The fraction of sp³-hybridized carbons (Fsp3) is 0.357. The number of sulfonamides is 1. The SMILES string of the molecule is O=S(=O)(NCCc1cnc[nH]1)c1ccc(CCCO)cc1. The fourth-order valence-electron chi connectivity index (χ4n) is 1.94. The molecule has 1 aromatic heterocycles. The number of rotatable bonds is 8. The van der Waals surface area contributed by atoms with Crippen LogP contribution in [0, 0.1) is 0 Å². The molecule has 0 aliphatic carbocycles. The second-order valence-corrected chi connectivity index (χ2v) is 6.46. The summed E-state index contributed by atoms with van der Waals surface area (Å²) < 4.78 is 26.8. The lowest BCUT2D eigenvalue weighted by Crippen LogP contribution is -2.26. The number of imidazole rings is 1. The van der Waals surface area contributed by atoms with Crippen molar-refractivity contribution < 1.29 is 13.5 Å². The molecule has 6 nitrogen and oxygen atoms in total. The zero-order valence-electron chi connectivity index (χ0n) is 11.6. The van der Waals surface area contributed by atoms with Gasteiger partial charge in [0, 0.05) is 31.5 Å². The van der Waals surface area contributed by atoms with Crippen molar-refractivity contribution in [2.45, 2.75) is 24.2 Å². The average Bonchev–Trinajstić information content (AvgIpc) is 2.98. The maximum atomic E-state index is 12.1. The first-order chi connectivity index (χ1) is 10.1. The smallest absolute Gasteiger partial charge is 0.240 e. The van der Waals surface area contributed by atoms with E-state index in [4.69, 9.17) is 5.11 Å². The second kappa shape index (κ2) is 7.35. The molecule has 114 valence electrons. The molecule has 0 aliphatic heterocycles. The van der Waals surface area contributed by atoms with Crippen molar-refractivity contribution in [3.8, 4) is 0 Å². The van der Waals surface area contributed by atoms with Crippen molar-refractivity contribution in [1.82, 2.24) is 14.7 Å². The summed E-state index contributed by atoms with van der Waals surface area (Å²) in [5, 5.41) is 8.77. The lowest BCUT2D eigenvalue weighted by atomic mass is 10.1. The van der Waals surface area contributed by atoms with Gasteiger partial charge in [-0.15, -0.1) is 0 Å². The summed E-state index contributed by atoms with van der Waals surface area (Å²) in [6, 6.07) is 6.73. The molecule has 3 N–H and O–H groups in total. The van der Waals surface area contributed by atoms with E-state index in [9.17, 15) is 8.42 Å². The van der Waals surface area contributed by atoms with Gasteiger partial charge >= 0.3 is 0 Å². The molecule has 1 aromatic carbocycles. The first-order valence-electron chi connectivity index (χ1n) is 6.78. The molecule has 0 radical (unpaired) electrons. The Kier molecular flexibility index (Phi) is 5.49. The fourth-order valence-corrected chi connectivity index (χ4v) is 2.98. The van der Waals surface area contributed by atoms with Gasteiger partial charge in [-0.2, -0.15) is 0 Å². The maximum absolute atomic E-state index is 12.1. The van der Waals surface area contributed by atoms with E-state index >= 15 is 0 Å². The summed E-state index contributed by atoms with van der Waals surface area (Å²) in [6.45, 7) is 0.450. The first kappa shape index (κ1) is 15.7. The highest BCUT2D eigenvalue weighted by molar-refractivity contribution is 7.89. The predicted octanol–water partition coefficient (Wildman–Crippen LogP) is 0.856. The Bertz CT molecular complexity index is 637. The molecule has 2 rings (SSSR count). The van der Waals surface area contributed by atoms with Crippen molar-refractivity contribution >= 4 is 10.0 Å². The van der Waals surface area contributed by atoms with Gasteiger partial charge in [0.15, 0.2) is 0 Å². The van der Waals surface area contributed by atoms with Gasteiger partial charge in [-0.3, -0.25) is 0 Å². The number of hydrogen-bond acceptors (Lipinski definition) is 4. The van der Waals surface area contributed by atoms with Crippen LogP contribution in [0.1, 0.15) is 17.7 Å². The number of aromatic amines is 1. The molecule has 1 heterocycles. The Hall–Kier alpha value is -1.70. The van der Waals surface area contributed by atoms with E-state index in [1.165, 1.54) is 0 Å². The number of aliphatic hydroxyl groups excluding tert-OH is 1. The minimum absolute atomic E-state index is 0.134. The van der Waals surface area contributed by atoms with Gasteiger partial charge in [0.05, 0.1) is 11.2 Å². The molecule has 7 heteroatoms. The molecule has 21 heavy (non-hydrogen) atoms. The molecule has 0 atom stereocenters. The van der Waals surface area contributed by atoms with Crippen LogP contribution in [0.2, 0.25) is 0 Å². The van der Waals surface area contributed by atoms with Crippen LogP contribution in [0.25, 0.3) is 0 Å². The Balaban J connectivity index is 1.92. The number of nitrogens with zero attached hydrogens (tertiary/aromatic N) is 1. The second-order valence-electron chi connectivity index (χ2n) is 4.70. The predicted molar refractivity (Wildman–Crippen MR) is 79.3 cm³/mol. The largest absolute Gasteiger partial charge is 0.396 e. The highest BCUT2D eigenvalue weighted by atomic mass is 32.2. The van der Waals surface area contributed by atoms with E-state index in [0.29, 0.717) is 19.4 Å². The molecule has 0 amide bonds. The summed E-state index contributed by atoms with van der Waals surface area (Å²) >= 11 is 0. The molecule has 0 saturated heterocycles. The minimum Gasteiger partial charge on any atom is -0.396 e. The molecule has 0 fully saturated rings. The lowest BCUT2D eigenvalue weighted by molar-refractivity contribution is 0.288. The molecular formula is C14H19N3O3S. The van der Waals surface area contributed by atoms with Crippen LogP contribution in [-0.2, 0) is 22.9 Å². The van der Waals surface area contributed by atoms with E-state index in [-0.39, 0.29) is 11.5 Å². The van der Waals surface area contributed by atoms with Crippen molar-refractivity contribution in [2.75, 3.05) is 13.2 Å².